The van der Waals surface area contributed by atoms with E-state index < -0.39 is 5.60 Å². The van der Waals surface area contributed by atoms with Crippen molar-refractivity contribution in [1.29, 1.82) is 0 Å². The summed E-state index contributed by atoms with van der Waals surface area (Å²) in [5, 5.41) is 11.3. The van der Waals surface area contributed by atoms with Gasteiger partial charge >= 0.3 is 0 Å². The average Bonchev–Trinajstić information content (AvgIpc) is 3.24. The summed E-state index contributed by atoms with van der Waals surface area (Å²) in [5.41, 5.74) is 3.67. The summed E-state index contributed by atoms with van der Waals surface area (Å²) in [5.74, 6) is 0.359. The molecule has 0 atom stereocenters. The van der Waals surface area contributed by atoms with Gasteiger partial charge in [0.1, 0.15) is 5.60 Å². The highest BCUT2D eigenvalue weighted by molar-refractivity contribution is 5.40. The Bertz CT molecular complexity index is 516. The number of rotatable bonds is 3. The lowest BCUT2D eigenvalue weighted by Gasteiger charge is -2.30. The molecule has 1 heteroatoms. The molecule has 1 N–H and O–H groups in total. The van der Waals surface area contributed by atoms with Gasteiger partial charge in [0.25, 0.3) is 0 Å². The maximum Gasteiger partial charge on any atom is 0.117 e. The molecule has 0 aliphatic heterocycles. The number of aliphatic hydroxyl groups is 1. The molecule has 0 radical (unpaired) electrons. The van der Waals surface area contributed by atoms with Gasteiger partial charge in [-0.1, -0.05) is 59.7 Å². The van der Waals surface area contributed by atoms with Crippen LogP contribution in [0.25, 0.3) is 0 Å². The van der Waals surface area contributed by atoms with Gasteiger partial charge in [-0.2, -0.15) is 0 Å². The van der Waals surface area contributed by atoms with E-state index in [4.69, 9.17) is 0 Å². The van der Waals surface area contributed by atoms with Gasteiger partial charge in [-0.25, -0.2) is 0 Å². The summed E-state index contributed by atoms with van der Waals surface area (Å²) in [6.45, 7) is 4.15. The molecule has 19 heavy (non-hydrogen) atoms. The molecule has 1 aliphatic carbocycles. The Kier molecular flexibility index (Phi) is 2.94. The minimum atomic E-state index is -0.818. The molecular weight excluding hydrogens is 232 g/mol. The lowest BCUT2D eigenvalue weighted by atomic mass is 9.81. The quantitative estimate of drug-likeness (QED) is 0.877. The van der Waals surface area contributed by atoms with Crippen molar-refractivity contribution in [3.8, 4) is 0 Å². The van der Waals surface area contributed by atoms with Crippen molar-refractivity contribution in [1.82, 2.24) is 0 Å². The first-order chi connectivity index (χ1) is 9.10. The molecule has 0 aromatic heterocycles. The smallest absolute Gasteiger partial charge is 0.117 e. The van der Waals surface area contributed by atoms with Crippen LogP contribution in [-0.4, -0.2) is 5.11 Å². The van der Waals surface area contributed by atoms with Crippen molar-refractivity contribution in [2.45, 2.75) is 32.3 Å². The number of hydrogen-bond donors (Lipinski definition) is 1. The molecule has 3 rings (SSSR count). The molecule has 2 aromatic rings. The van der Waals surface area contributed by atoms with Crippen LogP contribution in [0.2, 0.25) is 0 Å². The first-order valence-corrected chi connectivity index (χ1v) is 6.97. The zero-order valence-corrected chi connectivity index (χ0v) is 11.6. The summed E-state index contributed by atoms with van der Waals surface area (Å²) in [7, 11) is 0. The van der Waals surface area contributed by atoms with Crippen LogP contribution < -0.4 is 0 Å². The Morgan fingerprint density at radius 2 is 1.16 bits per heavy atom. The van der Waals surface area contributed by atoms with Crippen molar-refractivity contribution >= 4 is 0 Å². The Labute approximate surface area is 114 Å². The van der Waals surface area contributed by atoms with E-state index in [0.29, 0.717) is 5.92 Å². The van der Waals surface area contributed by atoms with Crippen LogP contribution in [-0.2, 0) is 5.60 Å². The maximum absolute atomic E-state index is 11.3. The Balaban J connectivity index is 2.08. The van der Waals surface area contributed by atoms with Crippen molar-refractivity contribution in [2.24, 2.45) is 5.92 Å². The third-order valence-electron chi connectivity index (χ3n) is 4.15. The van der Waals surface area contributed by atoms with Crippen LogP contribution in [0.1, 0.15) is 35.1 Å². The second-order valence-corrected chi connectivity index (χ2v) is 5.77. The molecule has 0 bridgehead atoms. The molecule has 1 aliphatic rings. The fraction of sp³-hybridized carbons (Fsp3) is 0.333. The van der Waals surface area contributed by atoms with Gasteiger partial charge in [0.2, 0.25) is 0 Å². The van der Waals surface area contributed by atoms with E-state index in [2.05, 4.69) is 62.4 Å². The van der Waals surface area contributed by atoms with E-state index in [0.717, 1.165) is 24.0 Å². The van der Waals surface area contributed by atoms with E-state index >= 15 is 0 Å². The number of aryl methyl sites for hydroxylation is 2. The molecule has 98 valence electrons. The Morgan fingerprint density at radius 3 is 1.47 bits per heavy atom. The molecule has 0 amide bonds. The second kappa shape index (κ2) is 4.50. The molecule has 1 nitrogen and oxygen atoms in total. The van der Waals surface area contributed by atoms with Crippen molar-refractivity contribution < 1.29 is 5.11 Å². The molecule has 2 aromatic carbocycles. The summed E-state index contributed by atoms with van der Waals surface area (Å²) in [6, 6.07) is 16.6. The topological polar surface area (TPSA) is 20.2 Å². The van der Waals surface area contributed by atoms with Gasteiger partial charge in [0, 0.05) is 0 Å². The summed E-state index contributed by atoms with van der Waals surface area (Å²) in [4.78, 5) is 0. The van der Waals surface area contributed by atoms with Gasteiger partial charge < -0.3 is 5.11 Å². The Morgan fingerprint density at radius 1 is 0.789 bits per heavy atom. The fourth-order valence-electron chi connectivity index (χ4n) is 2.75. The number of benzene rings is 2. The van der Waals surface area contributed by atoms with Crippen molar-refractivity contribution in [3.63, 3.8) is 0 Å². The van der Waals surface area contributed by atoms with Crippen LogP contribution >= 0.6 is 0 Å². The molecule has 1 fully saturated rings. The van der Waals surface area contributed by atoms with Crippen LogP contribution in [0.15, 0.2) is 48.5 Å². The van der Waals surface area contributed by atoms with E-state index in [9.17, 15) is 5.11 Å². The van der Waals surface area contributed by atoms with Gasteiger partial charge in [-0.15, -0.1) is 0 Å². The van der Waals surface area contributed by atoms with Crippen molar-refractivity contribution in [2.75, 3.05) is 0 Å². The minimum Gasteiger partial charge on any atom is -0.380 e. The van der Waals surface area contributed by atoms with Crippen LogP contribution in [0.3, 0.4) is 0 Å². The second-order valence-electron chi connectivity index (χ2n) is 5.77. The van der Waals surface area contributed by atoms with E-state index in [1.807, 2.05) is 0 Å². The zero-order chi connectivity index (χ0) is 13.5. The summed E-state index contributed by atoms with van der Waals surface area (Å²) >= 11 is 0. The predicted molar refractivity (Wildman–Crippen MR) is 78.1 cm³/mol. The van der Waals surface area contributed by atoms with Gasteiger partial charge in [-0.3, -0.25) is 0 Å². The summed E-state index contributed by atoms with van der Waals surface area (Å²) < 4.78 is 0. The largest absolute Gasteiger partial charge is 0.380 e. The molecule has 0 spiro atoms. The maximum atomic E-state index is 11.3. The van der Waals surface area contributed by atoms with Gasteiger partial charge in [-0.05, 0) is 43.7 Å². The van der Waals surface area contributed by atoms with E-state index in [-0.39, 0.29) is 0 Å². The number of hydrogen-bond acceptors (Lipinski definition) is 1. The average molecular weight is 252 g/mol. The van der Waals surface area contributed by atoms with E-state index in [1.54, 1.807) is 0 Å². The monoisotopic (exact) mass is 252 g/mol. The van der Waals surface area contributed by atoms with E-state index in [1.165, 1.54) is 11.1 Å². The molecule has 0 unspecified atom stereocenters. The summed E-state index contributed by atoms with van der Waals surface area (Å²) in [6.07, 6.45) is 2.22. The minimum absolute atomic E-state index is 0.359. The molecule has 0 heterocycles. The van der Waals surface area contributed by atoms with Crippen molar-refractivity contribution in [3.05, 3.63) is 70.8 Å². The normalized spacial score (nSPS) is 15.5. The first-order valence-electron chi connectivity index (χ1n) is 6.97. The third-order valence-corrected chi connectivity index (χ3v) is 4.15. The lowest BCUT2D eigenvalue weighted by Crippen LogP contribution is -2.29. The lowest BCUT2D eigenvalue weighted by molar-refractivity contribution is 0.0564. The zero-order valence-electron chi connectivity index (χ0n) is 11.6. The highest BCUT2D eigenvalue weighted by Crippen LogP contribution is 2.49. The molecule has 0 saturated heterocycles. The molecular formula is C18H20O. The predicted octanol–water partition coefficient (Wildman–Crippen LogP) is 3.95. The van der Waals surface area contributed by atoms with Gasteiger partial charge in [0.15, 0.2) is 0 Å². The van der Waals surface area contributed by atoms with Crippen LogP contribution in [0, 0.1) is 19.8 Å². The third kappa shape index (κ3) is 2.19. The highest BCUT2D eigenvalue weighted by atomic mass is 16.3. The van der Waals surface area contributed by atoms with Crippen LogP contribution in [0.5, 0.6) is 0 Å². The highest BCUT2D eigenvalue weighted by Gasteiger charge is 2.46. The fourth-order valence-corrected chi connectivity index (χ4v) is 2.75. The molecule has 1 saturated carbocycles. The SMILES string of the molecule is Cc1ccc(C(O)(c2ccc(C)cc2)C2CC2)cc1. The Hall–Kier alpha value is -1.60. The van der Waals surface area contributed by atoms with Crippen LogP contribution in [0.4, 0.5) is 0 Å². The van der Waals surface area contributed by atoms with Gasteiger partial charge in [0.05, 0.1) is 0 Å². The first kappa shape index (κ1) is 12.4. The standard InChI is InChI=1S/C18H20O/c1-13-3-7-15(8-4-13)18(19,17-11-12-17)16-9-5-14(2)6-10-16/h3-10,17,19H,11-12H2,1-2H3.